The van der Waals surface area contributed by atoms with E-state index in [-0.39, 0.29) is 17.6 Å². The number of epoxide rings is 1. The van der Waals surface area contributed by atoms with E-state index in [1.54, 1.807) is 0 Å². The Labute approximate surface area is 374 Å². The number of hydrogen-bond acceptors (Lipinski definition) is 8. The highest BCUT2D eigenvalue weighted by molar-refractivity contribution is 5.80. The molecule has 3 heterocycles. The molecule has 61 heavy (non-hydrogen) atoms. The quantitative estimate of drug-likeness (QED) is 0.216. The molecule has 0 radical (unpaired) electrons. The summed E-state index contributed by atoms with van der Waals surface area (Å²) >= 11 is 0. The van der Waals surface area contributed by atoms with E-state index in [1.807, 2.05) is 138 Å². The first-order valence-electron chi connectivity index (χ1n) is 23.8. The number of aryl methyl sites for hydroxylation is 4. The van der Waals surface area contributed by atoms with Gasteiger partial charge in [0.25, 0.3) is 0 Å². The average Bonchev–Trinajstić information content (AvgIpc) is 4.05. The Hall–Kier alpha value is -4.26. The lowest BCUT2D eigenvalue weighted by Crippen LogP contribution is -2.36. The van der Waals surface area contributed by atoms with E-state index < -0.39 is 10.8 Å². The summed E-state index contributed by atoms with van der Waals surface area (Å²) in [5, 5.41) is 19.9. The van der Waals surface area contributed by atoms with Crippen LogP contribution in [0.25, 0.3) is 4.85 Å². The topological polar surface area (TPSA) is 118 Å². The monoisotopic (exact) mass is 850 g/mol. The van der Waals surface area contributed by atoms with Crippen LogP contribution in [-0.2, 0) is 20.4 Å². The summed E-state index contributed by atoms with van der Waals surface area (Å²) in [4.78, 5) is 15.1. The number of nitriles is 2. The number of Topliss-reactive ketones (excluding diaryl/α,β-unsaturated/α-hetero) is 1. The van der Waals surface area contributed by atoms with Crippen LogP contribution >= 0.6 is 0 Å². The largest absolute Gasteiger partial charge is 0.486 e. The number of ether oxygens (including phenoxy) is 5. The van der Waals surface area contributed by atoms with E-state index in [9.17, 15) is 15.3 Å². The molecule has 3 aliphatic heterocycles. The maximum atomic E-state index is 11.6. The van der Waals surface area contributed by atoms with Crippen LogP contribution in [0.3, 0.4) is 0 Å². The van der Waals surface area contributed by atoms with Crippen LogP contribution < -0.4 is 18.9 Å². The van der Waals surface area contributed by atoms with Gasteiger partial charge in [0.1, 0.15) is 32.2 Å². The van der Waals surface area contributed by atoms with Crippen molar-refractivity contribution in [2.45, 2.75) is 213 Å². The number of benzene rings is 2. The van der Waals surface area contributed by atoms with Crippen LogP contribution in [0.15, 0.2) is 12.1 Å². The third-order valence-electron chi connectivity index (χ3n) is 10.2. The summed E-state index contributed by atoms with van der Waals surface area (Å²) in [6.07, 6.45) is 4.64. The predicted octanol–water partition coefficient (Wildman–Crippen LogP) is 14.6. The Kier molecular flexibility index (Phi) is 32.5. The summed E-state index contributed by atoms with van der Waals surface area (Å²) in [6, 6.07) is 9.19. The Balaban J connectivity index is -0.000000835. The zero-order chi connectivity index (χ0) is 48.0. The fourth-order valence-corrected chi connectivity index (χ4v) is 7.85. The number of hydrogen-bond donors (Lipinski definition) is 0. The van der Waals surface area contributed by atoms with Crippen LogP contribution in [0.5, 0.6) is 23.0 Å². The minimum Gasteiger partial charge on any atom is -0.486 e. The Morgan fingerprint density at radius 3 is 1.13 bits per heavy atom. The second-order valence-electron chi connectivity index (χ2n) is 13.1. The first-order valence-corrected chi connectivity index (χ1v) is 23.8. The van der Waals surface area contributed by atoms with Crippen molar-refractivity contribution in [2.75, 3.05) is 26.4 Å². The SMILES string of the molecule is CC.CC.CC.CC.CC.CC.CC.CC.Cc1cc(C)c(C2(C#N)CCC(=O)CC2)c2c1OCCO2.[C-]#[N+]C1OC12CCC(C#N)(c1c(C)cc(C)c3c1OCCO3)CC2. The molecule has 3 fully saturated rings. The normalized spacial score (nSPS) is 20.9. The Bertz CT molecular complexity index is 1660. The van der Waals surface area contributed by atoms with Gasteiger partial charge in [-0.2, -0.15) is 10.5 Å². The second-order valence-corrected chi connectivity index (χ2v) is 13.1. The van der Waals surface area contributed by atoms with E-state index in [4.69, 9.17) is 30.3 Å². The molecule has 1 unspecified atom stereocenters. The van der Waals surface area contributed by atoms with Gasteiger partial charge in [-0.25, -0.2) is 6.57 Å². The van der Waals surface area contributed by atoms with Crippen LogP contribution in [0.1, 0.15) is 196 Å². The molecule has 1 saturated heterocycles. The van der Waals surface area contributed by atoms with E-state index in [0.29, 0.717) is 65.0 Å². The van der Waals surface area contributed by atoms with Crippen LogP contribution in [0.2, 0.25) is 0 Å². The van der Waals surface area contributed by atoms with Crippen molar-refractivity contribution in [2.24, 2.45) is 0 Å². The molecule has 0 aromatic heterocycles. The van der Waals surface area contributed by atoms with Crippen molar-refractivity contribution in [1.29, 1.82) is 10.5 Å². The maximum Gasteiger partial charge on any atom is 0.357 e. The molecular weight excluding hydrogens is 763 g/mol. The number of carbonyl (C=O) groups is 1. The van der Waals surface area contributed by atoms with E-state index in [0.717, 1.165) is 69.2 Å². The van der Waals surface area contributed by atoms with Crippen molar-refractivity contribution >= 4 is 5.78 Å². The predicted molar refractivity (Wildman–Crippen MR) is 255 cm³/mol. The van der Waals surface area contributed by atoms with Crippen molar-refractivity contribution in [3.05, 3.63) is 56.9 Å². The van der Waals surface area contributed by atoms with E-state index in [2.05, 4.69) is 29.1 Å². The molecule has 0 amide bonds. The fourth-order valence-electron chi connectivity index (χ4n) is 7.85. The third kappa shape index (κ3) is 14.7. The highest BCUT2D eigenvalue weighted by Crippen LogP contribution is 2.57. The van der Waals surface area contributed by atoms with Gasteiger partial charge in [0.2, 0.25) is 0 Å². The average molecular weight is 850 g/mol. The van der Waals surface area contributed by atoms with E-state index in [1.165, 1.54) is 0 Å². The molecule has 1 spiro atoms. The minimum atomic E-state index is -0.628. The lowest BCUT2D eigenvalue weighted by atomic mass is 9.65. The molecule has 0 bridgehead atoms. The van der Waals surface area contributed by atoms with Crippen molar-refractivity contribution in [3.8, 4) is 35.1 Å². The Morgan fingerprint density at radius 1 is 0.525 bits per heavy atom. The first-order chi connectivity index (χ1) is 29.6. The molecular formula is C52H87N3O6. The summed E-state index contributed by atoms with van der Waals surface area (Å²) in [5.41, 5.74) is 4.58. The second kappa shape index (κ2) is 32.5. The first kappa shape index (κ1) is 61.0. The summed E-state index contributed by atoms with van der Waals surface area (Å²) in [6.45, 7) is 49.3. The molecule has 7 rings (SSSR count). The number of nitrogens with zero attached hydrogens (tertiary/aromatic N) is 3. The molecule has 2 aromatic rings. The highest BCUT2D eigenvalue weighted by atomic mass is 16.6. The van der Waals surface area contributed by atoms with Crippen molar-refractivity contribution in [1.82, 2.24) is 0 Å². The molecule has 2 aromatic carbocycles. The Morgan fingerprint density at radius 2 is 0.836 bits per heavy atom. The number of carbonyl (C=O) groups excluding carboxylic acids is 1. The molecule has 1 atom stereocenters. The van der Waals surface area contributed by atoms with Crippen LogP contribution in [0.4, 0.5) is 0 Å². The zero-order valence-corrected chi connectivity index (χ0v) is 42.5. The number of ketones is 1. The van der Waals surface area contributed by atoms with Gasteiger partial charge in [0.15, 0.2) is 28.6 Å². The minimum absolute atomic E-state index is 0.247. The number of fused-ring (bicyclic) bond motifs is 2. The summed E-state index contributed by atoms with van der Waals surface area (Å²) < 4.78 is 29.0. The fraction of sp³-hybridized carbons (Fsp3) is 0.692. The third-order valence-corrected chi connectivity index (χ3v) is 10.2. The number of rotatable bonds is 2. The molecule has 9 nitrogen and oxygen atoms in total. The van der Waals surface area contributed by atoms with Gasteiger partial charge in [0.05, 0.1) is 23.0 Å². The lowest BCUT2D eigenvalue weighted by Gasteiger charge is -2.37. The van der Waals surface area contributed by atoms with Gasteiger partial charge < -0.3 is 18.9 Å². The molecule has 2 aliphatic carbocycles. The van der Waals surface area contributed by atoms with Gasteiger partial charge >= 0.3 is 6.23 Å². The molecule has 5 aliphatic rings. The summed E-state index contributed by atoms with van der Waals surface area (Å²) in [7, 11) is 0. The van der Waals surface area contributed by atoms with Crippen LogP contribution in [-0.4, -0.2) is 44.0 Å². The van der Waals surface area contributed by atoms with Gasteiger partial charge in [-0.3, -0.25) is 14.4 Å². The standard InChI is InChI=1S/C19H20N2O3.C17H19NO3.8C2H6/c1-12-10-13(2)15-16(23-9-8-22-15)14(12)18(11-20)4-6-19(7-5-18)17(21-3)24-19;1-11-9-12(2)15-16(21-8-7-20-15)14(11)17(10-18)5-3-13(19)4-6-17;8*1-2/h10,17H,4-9H2,1-2H3;9H,3-8H2,1-2H3;8*1-2H3. The van der Waals surface area contributed by atoms with Gasteiger partial charge in [-0.15, -0.1) is 0 Å². The van der Waals surface area contributed by atoms with Crippen molar-refractivity contribution < 1.29 is 28.5 Å². The molecule has 0 N–H and O–H groups in total. The van der Waals surface area contributed by atoms with Gasteiger partial charge in [-0.1, -0.05) is 123 Å². The smallest absolute Gasteiger partial charge is 0.357 e. The lowest BCUT2D eigenvalue weighted by molar-refractivity contribution is -0.121. The zero-order valence-electron chi connectivity index (χ0n) is 42.5. The molecule has 346 valence electrons. The molecule has 9 heteroatoms. The van der Waals surface area contributed by atoms with Gasteiger partial charge in [0, 0.05) is 24.0 Å². The van der Waals surface area contributed by atoms with Crippen LogP contribution in [0, 0.1) is 56.9 Å². The molecule has 2 saturated carbocycles. The van der Waals surface area contributed by atoms with E-state index >= 15 is 0 Å². The summed E-state index contributed by atoms with van der Waals surface area (Å²) in [5.74, 6) is 3.24. The van der Waals surface area contributed by atoms with Gasteiger partial charge in [-0.05, 0) is 88.5 Å². The van der Waals surface area contributed by atoms with Crippen molar-refractivity contribution in [3.63, 3.8) is 0 Å². The maximum absolute atomic E-state index is 11.6. The highest BCUT2D eigenvalue weighted by Gasteiger charge is 2.66.